The minimum Gasteiger partial charge on any atom is -0.506 e. The number of aromatic hydroxyl groups is 1. The highest BCUT2D eigenvalue weighted by Gasteiger charge is 2.25. The van der Waals surface area contributed by atoms with Crippen LogP contribution >= 0.6 is 0 Å². The highest BCUT2D eigenvalue weighted by atomic mass is 16.3. The second-order valence-corrected chi connectivity index (χ2v) is 8.34. The van der Waals surface area contributed by atoms with Crippen molar-refractivity contribution in [2.75, 3.05) is 63.8 Å². The molecular formula is C24H32N4O2. The molecule has 2 heterocycles. The van der Waals surface area contributed by atoms with Crippen LogP contribution in [0.2, 0.25) is 0 Å². The number of phenolic OH excluding ortho intramolecular Hbond substituents is 1. The zero-order valence-corrected chi connectivity index (χ0v) is 17.8. The lowest BCUT2D eigenvalue weighted by Gasteiger charge is -2.38. The highest BCUT2D eigenvalue weighted by Crippen LogP contribution is 2.27. The molecule has 160 valence electrons. The molecule has 1 amide bonds. The van der Waals surface area contributed by atoms with Gasteiger partial charge >= 0.3 is 0 Å². The van der Waals surface area contributed by atoms with E-state index >= 15 is 0 Å². The molecule has 2 aliphatic heterocycles. The molecule has 2 fully saturated rings. The van der Waals surface area contributed by atoms with Gasteiger partial charge in [0.15, 0.2) is 0 Å². The van der Waals surface area contributed by atoms with Crippen molar-refractivity contribution in [1.29, 1.82) is 0 Å². The molecular weight excluding hydrogens is 376 g/mol. The summed E-state index contributed by atoms with van der Waals surface area (Å²) in [5.41, 5.74) is 3.59. The summed E-state index contributed by atoms with van der Waals surface area (Å²) in [5, 5.41) is 10.1. The van der Waals surface area contributed by atoms with Crippen molar-refractivity contribution in [3.8, 4) is 5.75 Å². The Morgan fingerprint density at radius 2 is 1.47 bits per heavy atom. The quantitative estimate of drug-likeness (QED) is 0.822. The Labute approximate surface area is 179 Å². The number of aryl methyl sites for hydroxylation is 1. The molecule has 0 saturated carbocycles. The van der Waals surface area contributed by atoms with Crippen LogP contribution in [0, 0.1) is 6.92 Å². The number of para-hydroxylation sites is 2. The number of benzene rings is 2. The molecule has 2 aromatic carbocycles. The average molecular weight is 409 g/mol. The van der Waals surface area contributed by atoms with Gasteiger partial charge in [0, 0.05) is 58.9 Å². The van der Waals surface area contributed by atoms with Crippen LogP contribution in [-0.4, -0.2) is 84.6 Å². The molecule has 6 heteroatoms. The van der Waals surface area contributed by atoms with E-state index in [-0.39, 0.29) is 5.91 Å². The third kappa shape index (κ3) is 4.94. The number of rotatable bonds is 5. The molecule has 0 aliphatic carbocycles. The normalized spacial score (nSPS) is 18.6. The monoisotopic (exact) mass is 408 g/mol. The molecule has 2 saturated heterocycles. The fraction of sp³-hybridized carbons (Fsp3) is 0.458. The van der Waals surface area contributed by atoms with Gasteiger partial charge in [-0.2, -0.15) is 0 Å². The molecule has 4 rings (SSSR count). The number of phenols is 1. The van der Waals surface area contributed by atoms with Gasteiger partial charge in [0.2, 0.25) is 5.91 Å². The molecule has 2 aliphatic rings. The van der Waals surface area contributed by atoms with Crippen LogP contribution < -0.4 is 4.90 Å². The van der Waals surface area contributed by atoms with Gasteiger partial charge in [0.25, 0.3) is 0 Å². The number of nitrogens with zero attached hydrogens (tertiary/aromatic N) is 4. The summed E-state index contributed by atoms with van der Waals surface area (Å²) in [5.74, 6) is 0.562. The number of anilines is 1. The van der Waals surface area contributed by atoms with Gasteiger partial charge in [-0.25, -0.2) is 0 Å². The van der Waals surface area contributed by atoms with Gasteiger partial charge in [0.1, 0.15) is 5.75 Å². The van der Waals surface area contributed by atoms with E-state index in [0.29, 0.717) is 12.3 Å². The van der Waals surface area contributed by atoms with E-state index in [1.165, 1.54) is 11.1 Å². The van der Waals surface area contributed by atoms with Crippen molar-refractivity contribution >= 4 is 11.6 Å². The van der Waals surface area contributed by atoms with Gasteiger partial charge in [-0.05, 0) is 30.2 Å². The molecule has 0 aromatic heterocycles. The maximum absolute atomic E-state index is 12.8. The lowest BCUT2D eigenvalue weighted by atomic mass is 10.1. The summed E-state index contributed by atoms with van der Waals surface area (Å²) in [6.07, 6.45) is 0. The van der Waals surface area contributed by atoms with E-state index in [2.05, 4.69) is 45.9 Å². The predicted octanol–water partition coefficient (Wildman–Crippen LogP) is 2.17. The van der Waals surface area contributed by atoms with Crippen molar-refractivity contribution in [1.82, 2.24) is 14.7 Å². The largest absolute Gasteiger partial charge is 0.506 e. The van der Waals surface area contributed by atoms with Crippen molar-refractivity contribution < 1.29 is 9.90 Å². The minimum atomic E-state index is 0.238. The molecule has 30 heavy (non-hydrogen) atoms. The SMILES string of the molecule is Cc1ccccc1CN1CCN(C(=O)CN2CCN(c3ccccc3O)CC2)CC1. The lowest BCUT2D eigenvalue weighted by molar-refractivity contribution is -0.134. The van der Waals surface area contributed by atoms with E-state index in [0.717, 1.165) is 64.6 Å². The Hall–Kier alpha value is -2.57. The average Bonchev–Trinajstić information content (AvgIpc) is 2.77. The zero-order valence-electron chi connectivity index (χ0n) is 17.8. The number of amides is 1. The van der Waals surface area contributed by atoms with E-state index in [9.17, 15) is 9.90 Å². The van der Waals surface area contributed by atoms with Crippen molar-refractivity contribution in [3.05, 3.63) is 59.7 Å². The van der Waals surface area contributed by atoms with Crippen LogP contribution in [-0.2, 0) is 11.3 Å². The first-order chi connectivity index (χ1) is 14.6. The van der Waals surface area contributed by atoms with E-state index in [4.69, 9.17) is 0 Å². The number of hydrogen-bond donors (Lipinski definition) is 1. The minimum absolute atomic E-state index is 0.238. The van der Waals surface area contributed by atoms with E-state index in [1.54, 1.807) is 6.07 Å². The molecule has 0 unspecified atom stereocenters. The summed E-state index contributed by atoms with van der Waals surface area (Å²) in [6.45, 7) is 10.4. The Morgan fingerprint density at radius 1 is 0.833 bits per heavy atom. The third-order valence-corrected chi connectivity index (χ3v) is 6.33. The van der Waals surface area contributed by atoms with Crippen LogP contribution in [0.1, 0.15) is 11.1 Å². The summed E-state index contributed by atoms with van der Waals surface area (Å²) in [6, 6.07) is 16.0. The number of hydrogen-bond acceptors (Lipinski definition) is 5. The Kier molecular flexibility index (Phi) is 6.55. The summed E-state index contributed by atoms with van der Waals surface area (Å²) >= 11 is 0. The second-order valence-electron chi connectivity index (χ2n) is 8.34. The van der Waals surface area contributed by atoms with Crippen LogP contribution in [0.3, 0.4) is 0 Å². The van der Waals surface area contributed by atoms with E-state index < -0.39 is 0 Å². The molecule has 0 radical (unpaired) electrons. The molecule has 0 spiro atoms. The van der Waals surface area contributed by atoms with Crippen molar-refractivity contribution in [2.45, 2.75) is 13.5 Å². The molecule has 1 N–H and O–H groups in total. The van der Waals surface area contributed by atoms with Gasteiger partial charge in [-0.15, -0.1) is 0 Å². The first-order valence-electron chi connectivity index (χ1n) is 10.9. The summed E-state index contributed by atoms with van der Waals surface area (Å²) in [7, 11) is 0. The van der Waals surface area contributed by atoms with Crippen LogP contribution in [0.15, 0.2) is 48.5 Å². The standard InChI is InChI=1S/C24H32N4O2/c1-20-6-2-3-7-21(20)18-25-12-16-28(17-13-25)24(30)19-26-10-14-27(15-11-26)22-8-4-5-9-23(22)29/h2-9,29H,10-19H2,1H3. The number of piperazine rings is 2. The molecule has 6 nitrogen and oxygen atoms in total. The van der Waals surface area contributed by atoms with Gasteiger partial charge in [-0.3, -0.25) is 14.6 Å². The zero-order chi connectivity index (χ0) is 20.9. The van der Waals surface area contributed by atoms with Crippen LogP contribution in [0.25, 0.3) is 0 Å². The number of carbonyl (C=O) groups is 1. The molecule has 0 bridgehead atoms. The fourth-order valence-electron chi connectivity index (χ4n) is 4.35. The van der Waals surface area contributed by atoms with Gasteiger partial charge in [-0.1, -0.05) is 36.4 Å². The summed E-state index contributed by atoms with van der Waals surface area (Å²) in [4.78, 5) is 21.7. The van der Waals surface area contributed by atoms with Crippen molar-refractivity contribution in [3.63, 3.8) is 0 Å². The fourth-order valence-corrected chi connectivity index (χ4v) is 4.35. The first-order valence-corrected chi connectivity index (χ1v) is 10.9. The van der Waals surface area contributed by atoms with Gasteiger partial charge < -0.3 is 14.9 Å². The third-order valence-electron chi connectivity index (χ3n) is 6.33. The molecule has 0 atom stereocenters. The maximum atomic E-state index is 12.8. The van der Waals surface area contributed by atoms with E-state index in [1.807, 2.05) is 23.1 Å². The van der Waals surface area contributed by atoms with Crippen LogP contribution in [0.5, 0.6) is 5.75 Å². The maximum Gasteiger partial charge on any atom is 0.236 e. The lowest BCUT2D eigenvalue weighted by Crippen LogP contribution is -2.53. The van der Waals surface area contributed by atoms with Crippen molar-refractivity contribution in [2.24, 2.45) is 0 Å². The number of carbonyl (C=O) groups excluding carboxylic acids is 1. The summed E-state index contributed by atoms with van der Waals surface area (Å²) < 4.78 is 0. The topological polar surface area (TPSA) is 50.3 Å². The Balaban J connectivity index is 1.21. The Morgan fingerprint density at radius 3 is 2.17 bits per heavy atom. The Bertz CT molecular complexity index is 856. The first kappa shape index (κ1) is 20.7. The second kappa shape index (κ2) is 9.49. The predicted molar refractivity (Wildman–Crippen MR) is 120 cm³/mol. The highest BCUT2D eigenvalue weighted by molar-refractivity contribution is 5.78. The van der Waals surface area contributed by atoms with Crippen LogP contribution in [0.4, 0.5) is 5.69 Å². The smallest absolute Gasteiger partial charge is 0.236 e. The van der Waals surface area contributed by atoms with Gasteiger partial charge in [0.05, 0.1) is 12.2 Å². The molecule has 2 aromatic rings.